The zero-order valence-corrected chi connectivity index (χ0v) is 21.8. The van der Waals surface area contributed by atoms with Crippen molar-refractivity contribution in [2.24, 2.45) is 0 Å². The zero-order valence-electron chi connectivity index (χ0n) is 21.8. The number of aryl methyl sites for hydroxylation is 1. The fourth-order valence-electron chi connectivity index (χ4n) is 5.39. The van der Waals surface area contributed by atoms with Gasteiger partial charge in [-0.1, -0.05) is 12.1 Å². The highest BCUT2D eigenvalue weighted by molar-refractivity contribution is 6.06. The first-order valence-electron chi connectivity index (χ1n) is 12.6. The molecule has 1 amide bonds. The summed E-state index contributed by atoms with van der Waals surface area (Å²) in [6, 6.07) is 11.4. The molecular formula is C29H32N2O6. The van der Waals surface area contributed by atoms with Crippen LogP contribution in [0.2, 0.25) is 0 Å². The quantitative estimate of drug-likeness (QED) is 0.465. The molecule has 194 valence electrons. The number of amides is 1. The van der Waals surface area contributed by atoms with Gasteiger partial charge in [-0.25, -0.2) is 4.79 Å². The number of ether oxygens (including phenoxy) is 4. The number of aromatic nitrogens is 1. The molecule has 0 atom stereocenters. The number of benzene rings is 2. The largest absolute Gasteiger partial charge is 0.493 e. The maximum atomic E-state index is 13.5. The molecule has 2 aromatic carbocycles. The SMILES string of the molecule is CCOC(=O)c1c(-c2cccc(C(=O)N3CCOCC3)c2)c(C)n2c1-c1cc(OC)c(OC)cc1CC2. The molecule has 0 unspecified atom stereocenters. The molecule has 1 fully saturated rings. The first kappa shape index (κ1) is 24.9. The smallest absolute Gasteiger partial charge is 0.340 e. The van der Waals surface area contributed by atoms with Crippen LogP contribution in [-0.2, 0) is 22.4 Å². The van der Waals surface area contributed by atoms with Gasteiger partial charge < -0.3 is 28.4 Å². The maximum Gasteiger partial charge on any atom is 0.340 e. The van der Waals surface area contributed by atoms with Crippen molar-refractivity contribution in [3.63, 3.8) is 0 Å². The minimum Gasteiger partial charge on any atom is -0.493 e. The number of hydrogen-bond donors (Lipinski definition) is 0. The fraction of sp³-hybridized carbons (Fsp3) is 0.379. The summed E-state index contributed by atoms with van der Waals surface area (Å²) in [6.07, 6.45) is 0.787. The summed E-state index contributed by atoms with van der Waals surface area (Å²) in [5, 5.41) is 0. The number of nitrogens with zero attached hydrogens (tertiary/aromatic N) is 2. The number of morpholine rings is 1. The van der Waals surface area contributed by atoms with E-state index in [-0.39, 0.29) is 18.5 Å². The molecule has 2 aliphatic rings. The third-order valence-corrected chi connectivity index (χ3v) is 7.17. The Morgan fingerprint density at radius 1 is 1.00 bits per heavy atom. The lowest BCUT2D eigenvalue weighted by Gasteiger charge is -2.27. The standard InChI is InChI=1S/C29H32N2O6/c1-5-37-29(33)26-25(20-7-6-8-21(15-20)28(32)30-11-13-36-14-12-30)18(2)31-10-9-19-16-23(34-3)24(35-4)17-22(19)27(26)31/h6-8,15-17H,5,9-14H2,1-4H3. The fourth-order valence-corrected chi connectivity index (χ4v) is 5.39. The number of fused-ring (bicyclic) bond motifs is 3. The van der Waals surface area contributed by atoms with Crippen LogP contribution in [0.3, 0.4) is 0 Å². The van der Waals surface area contributed by atoms with Gasteiger partial charge >= 0.3 is 5.97 Å². The number of methoxy groups -OCH3 is 2. The molecule has 0 aliphatic carbocycles. The van der Waals surface area contributed by atoms with Gasteiger partial charge in [0.2, 0.25) is 0 Å². The number of carbonyl (C=O) groups excluding carboxylic acids is 2. The number of esters is 1. The second-order valence-electron chi connectivity index (χ2n) is 9.16. The number of carbonyl (C=O) groups is 2. The van der Waals surface area contributed by atoms with Crippen LogP contribution in [0.15, 0.2) is 36.4 Å². The van der Waals surface area contributed by atoms with Crippen LogP contribution in [0.25, 0.3) is 22.4 Å². The van der Waals surface area contributed by atoms with E-state index in [1.165, 1.54) is 0 Å². The van der Waals surface area contributed by atoms with Crippen molar-refractivity contribution in [1.82, 2.24) is 9.47 Å². The van der Waals surface area contributed by atoms with E-state index in [0.717, 1.165) is 40.1 Å². The Labute approximate surface area is 216 Å². The van der Waals surface area contributed by atoms with Gasteiger partial charge in [0.1, 0.15) is 0 Å². The Balaban J connectivity index is 1.68. The lowest BCUT2D eigenvalue weighted by Crippen LogP contribution is -2.40. The summed E-state index contributed by atoms with van der Waals surface area (Å²) in [5.74, 6) is 0.835. The van der Waals surface area contributed by atoms with E-state index in [0.29, 0.717) is 55.5 Å². The van der Waals surface area contributed by atoms with E-state index in [1.807, 2.05) is 48.2 Å². The molecule has 3 heterocycles. The van der Waals surface area contributed by atoms with Crippen LogP contribution < -0.4 is 9.47 Å². The maximum absolute atomic E-state index is 13.5. The third kappa shape index (κ3) is 4.35. The van der Waals surface area contributed by atoms with E-state index < -0.39 is 0 Å². The third-order valence-electron chi connectivity index (χ3n) is 7.17. The van der Waals surface area contributed by atoms with E-state index in [2.05, 4.69) is 4.57 Å². The molecule has 0 spiro atoms. The zero-order chi connectivity index (χ0) is 26.1. The van der Waals surface area contributed by atoms with Gasteiger partial charge in [-0.15, -0.1) is 0 Å². The van der Waals surface area contributed by atoms with Gasteiger partial charge in [0.15, 0.2) is 11.5 Å². The van der Waals surface area contributed by atoms with Crippen LogP contribution in [0, 0.1) is 6.92 Å². The lowest BCUT2D eigenvalue weighted by molar-refractivity contribution is 0.0303. The molecule has 5 rings (SSSR count). The minimum atomic E-state index is -0.387. The highest BCUT2D eigenvalue weighted by Gasteiger charge is 2.32. The predicted molar refractivity (Wildman–Crippen MR) is 140 cm³/mol. The molecule has 8 nitrogen and oxygen atoms in total. The number of rotatable bonds is 6. The van der Waals surface area contributed by atoms with Crippen LogP contribution in [0.1, 0.15) is 38.9 Å². The molecule has 1 saturated heterocycles. The minimum absolute atomic E-state index is 0.0355. The van der Waals surface area contributed by atoms with Crippen LogP contribution in [0.5, 0.6) is 11.5 Å². The topological polar surface area (TPSA) is 79.2 Å². The Morgan fingerprint density at radius 2 is 1.73 bits per heavy atom. The van der Waals surface area contributed by atoms with Crippen LogP contribution in [0.4, 0.5) is 0 Å². The summed E-state index contributed by atoms with van der Waals surface area (Å²) >= 11 is 0. The van der Waals surface area contributed by atoms with Crippen molar-refractivity contribution in [2.45, 2.75) is 26.8 Å². The summed E-state index contributed by atoms with van der Waals surface area (Å²) in [6.45, 7) is 7.01. The summed E-state index contributed by atoms with van der Waals surface area (Å²) in [5.41, 5.74) is 6.44. The second kappa shape index (κ2) is 10.3. The molecule has 2 aliphatic heterocycles. The van der Waals surface area contributed by atoms with Gasteiger partial charge in [0.05, 0.1) is 45.3 Å². The lowest BCUT2D eigenvalue weighted by atomic mass is 9.93. The van der Waals surface area contributed by atoms with E-state index in [9.17, 15) is 9.59 Å². The normalized spacial score (nSPS) is 14.5. The van der Waals surface area contributed by atoms with Crippen molar-refractivity contribution >= 4 is 11.9 Å². The molecule has 37 heavy (non-hydrogen) atoms. The molecule has 8 heteroatoms. The second-order valence-corrected chi connectivity index (χ2v) is 9.16. The van der Waals surface area contributed by atoms with Gasteiger partial charge in [0, 0.05) is 42.0 Å². The monoisotopic (exact) mass is 504 g/mol. The molecule has 0 bridgehead atoms. The van der Waals surface area contributed by atoms with Gasteiger partial charge in [-0.2, -0.15) is 0 Å². The number of hydrogen-bond acceptors (Lipinski definition) is 6. The van der Waals surface area contributed by atoms with Crippen molar-refractivity contribution in [3.8, 4) is 33.9 Å². The average molecular weight is 505 g/mol. The van der Waals surface area contributed by atoms with Crippen molar-refractivity contribution in [2.75, 3.05) is 47.1 Å². The predicted octanol–water partition coefficient (Wildman–Crippen LogP) is 4.35. The van der Waals surface area contributed by atoms with Gasteiger partial charge in [-0.3, -0.25) is 4.79 Å². The van der Waals surface area contributed by atoms with E-state index in [4.69, 9.17) is 18.9 Å². The van der Waals surface area contributed by atoms with E-state index >= 15 is 0 Å². The molecule has 1 aromatic heterocycles. The molecule has 0 N–H and O–H groups in total. The molecule has 0 saturated carbocycles. The average Bonchev–Trinajstić information content (AvgIpc) is 3.25. The molecule has 0 radical (unpaired) electrons. The van der Waals surface area contributed by atoms with Crippen LogP contribution in [-0.4, -0.2) is 68.5 Å². The first-order valence-corrected chi connectivity index (χ1v) is 12.6. The van der Waals surface area contributed by atoms with Gasteiger partial charge in [-0.05, 0) is 55.7 Å². The highest BCUT2D eigenvalue weighted by atomic mass is 16.5. The Morgan fingerprint density at radius 3 is 2.43 bits per heavy atom. The Bertz CT molecular complexity index is 1350. The summed E-state index contributed by atoms with van der Waals surface area (Å²) in [7, 11) is 3.22. The first-order chi connectivity index (χ1) is 18.0. The molecular weight excluding hydrogens is 472 g/mol. The summed E-state index contributed by atoms with van der Waals surface area (Å²) in [4.78, 5) is 28.5. The summed E-state index contributed by atoms with van der Waals surface area (Å²) < 4.78 is 24.2. The Hall–Kier alpha value is -3.78. The van der Waals surface area contributed by atoms with Gasteiger partial charge in [0.25, 0.3) is 5.91 Å². The van der Waals surface area contributed by atoms with E-state index in [1.54, 1.807) is 21.1 Å². The Kier molecular flexibility index (Phi) is 6.93. The highest BCUT2D eigenvalue weighted by Crippen LogP contribution is 2.45. The molecule has 3 aromatic rings. The van der Waals surface area contributed by atoms with Crippen molar-refractivity contribution in [3.05, 3.63) is 58.8 Å². The van der Waals surface area contributed by atoms with Crippen LogP contribution >= 0.6 is 0 Å². The van der Waals surface area contributed by atoms with Crippen molar-refractivity contribution < 1.29 is 28.5 Å². The van der Waals surface area contributed by atoms with Crippen molar-refractivity contribution in [1.29, 1.82) is 0 Å².